The molecule has 0 bridgehead atoms. The van der Waals surface area contributed by atoms with Gasteiger partial charge in [-0.3, -0.25) is 9.89 Å². The van der Waals surface area contributed by atoms with Crippen LogP contribution in [0.4, 0.5) is 0 Å². The van der Waals surface area contributed by atoms with Crippen LogP contribution in [-0.2, 0) is 6.42 Å². The van der Waals surface area contributed by atoms with Crippen LogP contribution < -0.4 is 5.32 Å². The predicted molar refractivity (Wildman–Crippen MR) is 84.8 cm³/mol. The molecule has 0 aliphatic rings. The number of hydrogen-bond donors (Lipinski definition) is 2. The van der Waals surface area contributed by atoms with E-state index in [1.54, 1.807) is 28.9 Å². The molecule has 21 heavy (non-hydrogen) atoms. The van der Waals surface area contributed by atoms with Crippen LogP contribution in [0.1, 0.15) is 20.9 Å². The highest BCUT2D eigenvalue weighted by molar-refractivity contribution is 7.13. The molecule has 3 heterocycles. The van der Waals surface area contributed by atoms with Crippen LogP contribution in [0.5, 0.6) is 0 Å². The summed E-state index contributed by atoms with van der Waals surface area (Å²) in [5.41, 5.74) is 4.23. The largest absolute Gasteiger partial charge is 0.352 e. The van der Waals surface area contributed by atoms with Crippen molar-refractivity contribution in [3.05, 3.63) is 45.4 Å². The Kier molecular flexibility index (Phi) is 4.12. The van der Waals surface area contributed by atoms with Gasteiger partial charge in [0.2, 0.25) is 0 Å². The second-order valence-corrected chi connectivity index (χ2v) is 6.39. The first-order valence-electron chi connectivity index (χ1n) is 6.50. The first-order valence-corrected chi connectivity index (χ1v) is 8.26. The molecule has 0 saturated heterocycles. The third-order valence-electron chi connectivity index (χ3n) is 3.13. The predicted octanol–water partition coefficient (Wildman–Crippen LogP) is 2.88. The normalized spacial score (nSPS) is 10.7. The molecule has 3 aromatic rings. The molecule has 3 rings (SSSR count). The second-order valence-electron chi connectivity index (χ2n) is 4.50. The van der Waals surface area contributed by atoms with Crippen LogP contribution in [0, 0.1) is 6.92 Å². The summed E-state index contributed by atoms with van der Waals surface area (Å²) in [7, 11) is 0. The van der Waals surface area contributed by atoms with Crippen molar-refractivity contribution < 1.29 is 4.79 Å². The number of aryl methyl sites for hydroxylation is 1. The minimum atomic E-state index is -0.102. The van der Waals surface area contributed by atoms with E-state index in [1.807, 2.05) is 29.9 Å². The molecule has 0 aliphatic carbocycles. The molecular formula is C14H14N4OS2. The summed E-state index contributed by atoms with van der Waals surface area (Å²) in [6.45, 7) is 2.58. The molecule has 0 saturated carbocycles. The first kappa shape index (κ1) is 14.0. The van der Waals surface area contributed by atoms with Crippen molar-refractivity contribution in [2.75, 3.05) is 6.54 Å². The maximum atomic E-state index is 12.3. The van der Waals surface area contributed by atoms with Gasteiger partial charge in [-0.25, -0.2) is 4.98 Å². The van der Waals surface area contributed by atoms with Gasteiger partial charge in [-0.15, -0.1) is 22.7 Å². The molecular weight excluding hydrogens is 304 g/mol. The van der Waals surface area contributed by atoms with Crippen LogP contribution in [0.15, 0.2) is 29.2 Å². The molecule has 1 amide bonds. The van der Waals surface area contributed by atoms with E-state index in [9.17, 15) is 4.79 Å². The molecule has 108 valence electrons. The standard InChI is InChI=1S/C14H14N4OS2/c1-9-11(21-8-16-9)4-5-15-14(19)10-7-17-18-13(10)12-3-2-6-20-12/h2-3,6-8H,4-5H2,1H3,(H,15,19)(H,17,18). The van der Waals surface area contributed by atoms with E-state index >= 15 is 0 Å². The number of H-pyrrole nitrogens is 1. The number of thiophene rings is 1. The number of amides is 1. The second kappa shape index (κ2) is 6.19. The van der Waals surface area contributed by atoms with Gasteiger partial charge >= 0.3 is 0 Å². The number of rotatable bonds is 5. The van der Waals surface area contributed by atoms with E-state index < -0.39 is 0 Å². The zero-order chi connectivity index (χ0) is 14.7. The van der Waals surface area contributed by atoms with Gasteiger partial charge in [0.1, 0.15) is 0 Å². The van der Waals surface area contributed by atoms with Crippen molar-refractivity contribution in [1.82, 2.24) is 20.5 Å². The van der Waals surface area contributed by atoms with E-state index in [2.05, 4.69) is 20.5 Å². The van der Waals surface area contributed by atoms with Crippen molar-refractivity contribution in [2.45, 2.75) is 13.3 Å². The minimum Gasteiger partial charge on any atom is -0.352 e. The fourth-order valence-electron chi connectivity index (χ4n) is 2.02. The molecule has 0 radical (unpaired) electrons. The van der Waals surface area contributed by atoms with Gasteiger partial charge in [0.05, 0.1) is 33.5 Å². The van der Waals surface area contributed by atoms with E-state index in [-0.39, 0.29) is 5.91 Å². The van der Waals surface area contributed by atoms with Crippen molar-refractivity contribution >= 4 is 28.6 Å². The lowest BCUT2D eigenvalue weighted by Gasteiger charge is -2.04. The van der Waals surface area contributed by atoms with Crippen LogP contribution in [-0.4, -0.2) is 27.6 Å². The van der Waals surface area contributed by atoms with Gasteiger partial charge in [-0.2, -0.15) is 5.10 Å². The van der Waals surface area contributed by atoms with Crippen molar-refractivity contribution in [3.8, 4) is 10.6 Å². The Morgan fingerprint density at radius 2 is 2.33 bits per heavy atom. The Morgan fingerprint density at radius 1 is 1.43 bits per heavy atom. The first-order chi connectivity index (χ1) is 10.3. The number of nitrogens with one attached hydrogen (secondary N) is 2. The summed E-state index contributed by atoms with van der Waals surface area (Å²) in [6, 6.07) is 3.92. The average molecular weight is 318 g/mol. The number of thiazole rings is 1. The number of carbonyl (C=O) groups excluding carboxylic acids is 1. The van der Waals surface area contributed by atoms with Crippen molar-refractivity contribution in [2.24, 2.45) is 0 Å². The maximum Gasteiger partial charge on any atom is 0.255 e. The SMILES string of the molecule is Cc1ncsc1CCNC(=O)c1cn[nH]c1-c1cccs1. The molecule has 0 aliphatic heterocycles. The Morgan fingerprint density at radius 3 is 3.05 bits per heavy atom. The van der Waals surface area contributed by atoms with Gasteiger partial charge in [0.25, 0.3) is 5.91 Å². The highest BCUT2D eigenvalue weighted by atomic mass is 32.1. The summed E-state index contributed by atoms with van der Waals surface area (Å²) in [4.78, 5) is 18.7. The Balaban J connectivity index is 1.64. The molecule has 3 aromatic heterocycles. The summed E-state index contributed by atoms with van der Waals surface area (Å²) >= 11 is 3.20. The van der Waals surface area contributed by atoms with E-state index in [4.69, 9.17) is 0 Å². The van der Waals surface area contributed by atoms with Crippen molar-refractivity contribution in [3.63, 3.8) is 0 Å². The number of aromatic amines is 1. The molecule has 0 atom stereocenters. The zero-order valence-electron chi connectivity index (χ0n) is 11.4. The molecule has 0 aromatic carbocycles. The smallest absolute Gasteiger partial charge is 0.255 e. The highest BCUT2D eigenvalue weighted by Gasteiger charge is 2.15. The zero-order valence-corrected chi connectivity index (χ0v) is 13.1. The summed E-state index contributed by atoms with van der Waals surface area (Å²) < 4.78 is 0. The third-order valence-corrected chi connectivity index (χ3v) is 5.02. The molecule has 2 N–H and O–H groups in total. The summed E-state index contributed by atoms with van der Waals surface area (Å²) in [6.07, 6.45) is 2.37. The lowest BCUT2D eigenvalue weighted by atomic mass is 10.2. The minimum absolute atomic E-state index is 0.102. The third kappa shape index (κ3) is 3.03. The number of nitrogens with zero attached hydrogens (tertiary/aromatic N) is 2. The number of aromatic nitrogens is 3. The average Bonchev–Trinajstić information content (AvgIpc) is 3.19. The highest BCUT2D eigenvalue weighted by Crippen LogP contribution is 2.25. The maximum absolute atomic E-state index is 12.3. The van der Waals surface area contributed by atoms with E-state index in [0.29, 0.717) is 12.1 Å². The van der Waals surface area contributed by atoms with Gasteiger partial charge in [0.15, 0.2) is 0 Å². The van der Waals surface area contributed by atoms with Crippen LogP contribution in [0.2, 0.25) is 0 Å². The van der Waals surface area contributed by atoms with Gasteiger partial charge < -0.3 is 5.32 Å². The lowest BCUT2D eigenvalue weighted by molar-refractivity contribution is 0.0955. The van der Waals surface area contributed by atoms with E-state index in [0.717, 1.165) is 22.7 Å². The number of carbonyl (C=O) groups is 1. The number of hydrogen-bond acceptors (Lipinski definition) is 5. The Labute approximate surface area is 130 Å². The quantitative estimate of drug-likeness (QED) is 0.760. The van der Waals surface area contributed by atoms with Gasteiger partial charge in [-0.1, -0.05) is 6.07 Å². The van der Waals surface area contributed by atoms with Crippen LogP contribution >= 0.6 is 22.7 Å². The van der Waals surface area contributed by atoms with Gasteiger partial charge in [-0.05, 0) is 18.4 Å². The fraction of sp³-hybridized carbons (Fsp3) is 0.214. The molecule has 0 fully saturated rings. The molecule has 0 spiro atoms. The Bertz CT molecular complexity index is 730. The summed E-state index contributed by atoms with van der Waals surface area (Å²) in [5.74, 6) is -0.102. The Hall–Kier alpha value is -1.99. The van der Waals surface area contributed by atoms with Gasteiger partial charge in [0, 0.05) is 17.8 Å². The summed E-state index contributed by atoms with van der Waals surface area (Å²) in [5, 5.41) is 11.8. The van der Waals surface area contributed by atoms with Crippen molar-refractivity contribution in [1.29, 1.82) is 0 Å². The van der Waals surface area contributed by atoms with Crippen LogP contribution in [0.3, 0.4) is 0 Å². The lowest BCUT2D eigenvalue weighted by Crippen LogP contribution is -2.25. The van der Waals surface area contributed by atoms with E-state index in [1.165, 1.54) is 4.88 Å². The molecule has 7 heteroatoms. The fourth-order valence-corrected chi connectivity index (χ4v) is 3.53. The monoisotopic (exact) mass is 318 g/mol. The topological polar surface area (TPSA) is 70.7 Å². The molecule has 0 unspecified atom stereocenters. The molecule has 5 nitrogen and oxygen atoms in total. The van der Waals surface area contributed by atoms with Crippen LogP contribution in [0.25, 0.3) is 10.6 Å².